The maximum Gasteiger partial charge on any atom is 0.211 e. The largest absolute Gasteiger partial charge is 0.495 e. The van der Waals surface area contributed by atoms with Gasteiger partial charge in [0.05, 0.1) is 18.7 Å². The molecule has 0 aliphatic rings. The first kappa shape index (κ1) is 22.1. The highest BCUT2D eigenvalue weighted by Crippen LogP contribution is 2.23. The normalized spacial score (nSPS) is 12.8. The monoisotopic (exact) mass is 405 g/mol. The Morgan fingerprint density at radius 3 is 2.60 bits per heavy atom. The van der Waals surface area contributed by atoms with Crippen LogP contribution in [0.1, 0.15) is 25.0 Å². The molecule has 1 atom stereocenters. The first-order valence-corrected chi connectivity index (χ1v) is 9.01. The van der Waals surface area contributed by atoms with E-state index in [9.17, 15) is 10.1 Å². The molecule has 2 rings (SSSR count). The number of methoxy groups -OCH3 is 1. The molecule has 0 bridgehead atoms. The molecular formula is C21H23N7O2. The number of carbonyl (C=O) groups is 1. The van der Waals surface area contributed by atoms with Crippen molar-refractivity contribution < 1.29 is 9.53 Å². The summed E-state index contributed by atoms with van der Waals surface area (Å²) in [5.74, 6) is 0.814. The number of benzene rings is 1. The molecule has 5 N–H and O–H groups in total. The third-order valence-corrected chi connectivity index (χ3v) is 4.22. The predicted molar refractivity (Wildman–Crippen MR) is 115 cm³/mol. The molecule has 30 heavy (non-hydrogen) atoms. The van der Waals surface area contributed by atoms with Gasteiger partial charge in [-0.2, -0.15) is 5.26 Å². The average molecular weight is 405 g/mol. The lowest BCUT2D eigenvalue weighted by Crippen LogP contribution is -2.29. The summed E-state index contributed by atoms with van der Waals surface area (Å²) in [4.78, 5) is 19.3. The van der Waals surface area contributed by atoms with E-state index in [1.807, 2.05) is 18.2 Å². The molecule has 154 valence electrons. The summed E-state index contributed by atoms with van der Waals surface area (Å²) in [5, 5.41) is 23.3. The number of nitrogen functional groups attached to an aromatic ring is 1. The lowest BCUT2D eigenvalue weighted by atomic mass is 10.0. The van der Waals surface area contributed by atoms with Gasteiger partial charge in [0.15, 0.2) is 0 Å². The lowest BCUT2D eigenvalue weighted by Gasteiger charge is -2.20. The van der Waals surface area contributed by atoms with E-state index in [0.29, 0.717) is 34.6 Å². The van der Waals surface area contributed by atoms with E-state index in [1.165, 1.54) is 13.4 Å². The molecule has 0 saturated heterocycles. The van der Waals surface area contributed by atoms with E-state index in [2.05, 4.69) is 26.7 Å². The fraction of sp³-hybridized carbons (Fsp3) is 0.190. The van der Waals surface area contributed by atoms with E-state index in [1.54, 1.807) is 32.1 Å². The third kappa shape index (κ3) is 5.20. The van der Waals surface area contributed by atoms with Crippen LogP contribution >= 0.6 is 0 Å². The Kier molecular flexibility index (Phi) is 7.65. The first-order valence-electron chi connectivity index (χ1n) is 9.01. The van der Waals surface area contributed by atoms with Gasteiger partial charge in [0.1, 0.15) is 35.4 Å². The number of ether oxygens (including phenoxy) is 1. The van der Waals surface area contributed by atoms with Crippen molar-refractivity contribution in [1.82, 2.24) is 15.3 Å². The average Bonchev–Trinajstić information content (AvgIpc) is 2.73. The van der Waals surface area contributed by atoms with Gasteiger partial charge in [0.2, 0.25) is 6.41 Å². The molecule has 0 saturated carbocycles. The van der Waals surface area contributed by atoms with Gasteiger partial charge in [0.25, 0.3) is 0 Å². The Hall–Kier alpha value is -4.19. The quantitative estimate of drug-likeness (QED) is 0.164. The number of allylic oxidation sites excluding steroid dienone is 2. The van der Waals surface area contributed by atoms with Gasteiger partial charge < -0.3 is 26.5 Å². The highest BCUT2D eigenvalue weighted by atomic mass is 16.5. The van der Waals surface area contributed by atoms with Crippen LogP contribution in [0.3, 0.4) is 0 Å². The number of hydrogen-bond donors (Lipinski definition) is 4. The summed E-state index contributed by atoms with van der Waals surface area (Å²) in [7, 11) is 1.45. The predicted octanol–water partition coefficient (Wildman–Crippen LogP) is 2.46. The van der Waals surface area contributed by atoms with Gasteiger partial charge in [-0.05, 0) is 19.4 Å². The summed E-state index contributed by atoms with van der Waals surface area (Å²) in [6.07, 6.45) is 3.39. The summed E-state index contributed by atoms with van der Waals surface area (Å²) in [5.41, 5.74) is 7.88. The van der Waals surface area contributed by atoms with Crippen molar-refractivity contribution in [3.8, 4) is 6.07 Å². The Labute approximate surface area is 174 Å². The van der Waals surface area contributed by atoms with E-state index in [-0.39, 0.29) is 17.3 Å². The molecule has 0 spiro atoms. The van der Waals surface area contributed by atoms with Gasteiger partial charge in [-0.25, -0.2) is 9.97 Å². The van der Waals surface area contributed by atoms with Crippen LogP contribution in [0.25, 0.3) is 5.57 Å². The highest BCUT2D eigenvalue weighted by Gasteiger charge is 2.17. The zero-order valence-electron chi connectivity index (χ0n) is 16.9. The molecule has 1 aromatic heterocycles. The Morgan fingerprint density at radius 2 is 2.03 bits per heavy atom. The zero-order valence-corrected chi connectivity index (χ0v) is 16.9. The van der Waals surface area contributed by atoms with Crippen LogP contribution in [-0.4, -0.2) is 35.2 Å². The number of nitrogens with one attached hydrogen (secondary N) is 3. The molecular weight excluding hydrogens is 382 g/mol. The van der Waals surface area contributed by atoms with Crippen LogP contribution in [0.2, 0.25) is 0 Å². The van der Waals surface area contributed by atoms with Crippen molar-refractivity contribution in [3.63, 3.8) is 0 Å². The van der Waals surface area contributed by atoms with Crippen LogP contribution in [0.5, 0.6) is 0 Å². The lowest BCUT2D eigenvalue weighted by molar-refractivity contribution is -0.109. The summed E-state index contributed by atoms with van der Waals surface area (Å²) < 4.78 is 5.43. The minimum Gasteiger partial charge on any atom is -0.495 e. The van der Waals surface area contributed by atoms with Gasteiger partial charge in [-0.3, -0.25) is 4.79 Å². The zero-order chi connectivity index (χ0) is 22.1. The van der Waals surface area contributed by atoms with Crippen molar-refractivity contribution in [2.24, 2.45) is 0 Å². The molecule has 0 fully saturated rings. The van der Waals surface area contributed by atoms with Crippen LogP contribution in [0.4, 0.5) is 11.6 Å². The molecule has 1 unspecified atom stereocenters. The van der Waals surface area contributed by atoms with Crippen LogP contribution in [-0.2, 0) is 9.53 Å². The molecule has 0 radical (unpaired) electrons. The molecule has 1 amide bonds. The molecule has 2 aromatic rings. The van der Waals surface area contributed by atoms with Crippen molar-refractivity contribution >= 4 is 29.3 Å². The second kappa shape index (κ2) is 10.4. The van der Waals surface area contributed by atoms with Crippen molar-refractivity contribution in [1.29, 1.82) is 10.7 Å². The molecule has 9 heteroatoms. The summed E-state index contributed by atoms with van der Waals surface area (Å²) >= 11 is 0. The van der Waals surface area contributed by atoms with E-state index in [0.717, 1.165) is 0 Å². The number of aromatic nitrogens is 2. The van der Waals surface area contributed by atoms with E-state index >= 15 is 0 Å². The van der Waals surface area contributed by atoms with Gasteiger partial charge in [-0.15, -0.1) is 0 Å². The minimum absolute atomic E-state index is 0.175. The fourth-order valence-corrected chi connectivity index (χ4v) is 2.76. The topological polar surface area (TPSA) is 150 Å². The van der Waals surface area contributed by atoms with E-state index in [4.69, 9.17) is 15.9 Å². The maximum atomic E-state index is 11.2. The first-order chi connectivity index (χ1) is 14.4. The van der Waals surface area contributed by atoms with Crippen LogP contribution in [0, 0.1) is 16.7 Å². The number of hydrogen-bond acceptors (Lipinski definition) is 8. The Bertz CT molecular complexity index is 1020. The standard InChI is InChI=1S/C21H23N7O2/c1-13(23)19-20(24)25-11-26-21(19)28-14(2)17(27-12-29)9-18(30-3)16(10-22)15-7-5-4-6-8-15/h4-9,11-12,14,23H,1-3H3,(H,27,29)(H3,24,25,26,28)/b17-9-,18-16+,23-13?. The minimum atomic E-state index is -0.469. The van der Waals surface area contributed by atoms with Gasteiger partial charge in [-0.1, -0.05) is 30.3 Å². The van der Waals surface area contributed by atoms with Crippen LogP contribution < -0.4 is 16.4 Å². The molecule has 1 heterocycles. The Balaban J connectivity index is 2.48. The summed E-state index contributed by atoms with van der Waals surface area (Å²) in [6, 6.07) is 10.8. The maximum absolute atomic E-state index is 11.2. The second-order valence-corrected chi connectivity index (χ2v) is 6.26. The van der Waals surface area contributed by atoms with Crippen LogP contribution in [0.15, 0.2) is 54.2 Å². The summed E-state index contributed by atoms with van der Waals surface area (Å²) in [6.45, 7) is 3.36. The Morgan fingerprint density at radius 1 is 1.33 bits per heavy atom. The molecule has 9 nitrogen and oxygen atoms in total. The number of nitrogens with two attached hydrogens (primary N) is 1. The van der Waals surface area contributed by atoms with Crippen molar-refractivity contribution in [3.05, 3.63) is 65.3 Å². The van der Waals surface area contributed by atoms with Crippen molar-refractivity contribution in [2.75, 3.05) is 18.2 Å². The number of nitrogens with zero attached hydrogens (tertiary/aromatic N) is 3. The van der Waals surface area contributed by atoms with E-state index < -0.39 is 6.04 Å². The number of amides is 1. The van der Waals surface area contributed by atoms with Gasteiger partial charge in [0, 0.05) is 17.5 Å². The fourth-order valence-electron chi connectivity index (χ4n) is 2.76. The molecule has 0 aliphatic carbocycles. The second-order valence-electron chi connectivity index (χ2n) is 6.26. The number of carbonyl (C=O) groups excluding carboxylic acids is 1. The highest BCUT2D eigenvalue weighted by molar-refractivity contribution is 6.04. The smallest absolute Gasteiger partial charge is 0.211 e. The number of nitriles is 1. The molecule has 0 aliphatic heterocycles. The van der Waals surface area contributed by atoms with Crippen molar-refractivity contribution in [2.45, 2.75) is 19.9 Å². The van der Waals surface area contributed by atoms with Gasteiger partial charge >= 0.3 is 0 Å². The molecule has 1 aromatic carbocycles. The number of anilines is 2. The third-order valence-electron chi connectivity index (χ3n) is 4.22. The number of rotatable bonds is 9. The SMILES string of the molecule is COC(/C=C(\NC=O)C(C)Nc1ncnc(N)c1C(C)=N)=C(\C#N)c1ccccc1.